The van der Waals surface area contributed by atoms with Crippen LogP contribution in [0.15, 0.2) is 46.3 Å². The first-order chi connectivity index (χ1) is 16.1. The Balaban J connectivity index is 1.18. The summed E-state index contributed by atoms with van der Waals surface area (Å²) in [6.45, 7) is 6.98. The van der Waals surface area contributed by atoms with E-state index >= 15 is 0 Å². The number of ether oxygens (including phenoxy) is 1. The number of hydrogen-bond acceptors (Lipinski definition) is 7. The van der Waals surface area contributed by atoms with Gasteiger partial charge in [-0.1, -0.05) is 23.4 Å². The van der Waals surface area contributed by atoms with E-state index < -0.39 is 0 Å². The van der Waals surface area contributed by atoms with E-state index in [-0.39, 0.29) is 17.9 Å². The lowest BCUT2D eigenvalue weighted by Crippen LogP contribution is -2.43. The summed E-state index contributed by atoms with van der Waals surface area (Å²) in [6, 6.07) is 12.2. The predicted octanol–water partition coefficient (Wildman–Crippen LogP) is 4.55. The molecule has 2 aromatic heterocycles. The fourth-order valence-corrected chi connectivity index (χ4v) is 4.73. The molecule has 0 aliphatic carbocycles. The van der Waals surface area contributed by atoms with E-state index in [1.54, 1.807) is 11.3 Å². The summed E-state index contributed by atoms with van der Waals surface area (Å²) in [6.07, 6.45) is 3.94. The molecule has 0 spiro atoms. The Bertz CT molecular complexity index is 1000. The average molecular weight is 469 g/mol. The Morgan fingerprint density at radius 2 is 2.15 bits per heavy atom. The van der Waals surface area contributed by atoms with E-state index in [2.05, 4.69) is 32.5 Å². The second kappa shape index (κ2) is 11.4. The van der Waals surface area contributed by atoms with Gasteiger partial charge in [0, 0.05) is 13.1 Å². The maximum absolute atomic E-state index is 12.7. The van der Waals surface area contributed by atoms with Gasteiger partial charge >= 0.3 is 0 Å². The highest BCUT2D eigenvalue weighted by atomic mass is 32.1. The Morgan fingerprint density at radius 3 is 2.91 bits per heavy atom. The molecule has 1 N–H and O–H groups in total. The molecule has 1 unspecified atom stereocenters. The summed E-state index contributed by atoms with van der Waals surface area (Å²) in [5.74, 6) is 2.28. The van der Waals surface area contributed by atoms with Crippen molar-refractivity contribution in [3.05, 3.63) is 53.2 Å². The number of benzene rings is 1. The third-order valence-electron chi connectivity index (χ3n) is 5.68. The molecule has 176 valence electrons. The van der Waals surface area contributed by atoms with Crippen molar-refractivity contribution < 1.29 is 14.1 Å². The smallest absolute Gasteiger partial charge is 0.241 e. The number of thiophene rings is 1. The van der Waals surface area contributed by atoms with Crippen molar-refractivity contribution in [3.8, 4) is 16.5 Å². The van der Waals surface area contributed by atoms with Crippen LogP contribution >= 0.6 is 11.3 Å². The number of hydrogen-bond donors (Lipinski definition) is 1. The van der Waals surface area contributed by atoms with E-state index in [1.165, 1.54) is 5.56 Å². The van der Waals surface area contributed by atoms with Crippen molar-refractivity contribution >= 4 is 17.2 Å². The Labute approximate surface area is 199 Å². The summed E-state index contributed by atoms with van der Waals surface area (Å²) in [5, 5.41) is 9.21. The molecule has 0 bridgehead atoms. The Hall–Kier alpha value is -2.71. The van der Waals surface area contributed by atoms with E-state index in [9.17, 15) is 4.79 Å². The first-order valence-electron chi connectivity index (χ1n) is 11.7. The quantitative estimate of drug-likeness (QED) is 0.440. The van der Waals surface area contributed by atoms with Crippen LogP contribution in [0.4, 0.5) is 0 Å². The number of aromatic nitrogens is 2. The van der Waals surface area contributed by atoms with Crippen molar-refractivity contribution in [3.63, 3.8) is 0 Å². The molecule has 8 heteroatoms. The van der Waals surface area contributed by atoms with Crippen LogP contribution in [0.25, 0.3) is 10.7 Å². The maximum Gasteiger partial charge on any atom is 0.241 e. The highest BCUT2D eigenvalue weighted by molar-refractivity contribution is 7.13. The molecule has 1 aromatic carbocycles. The van der Waals surface area contributed by atoms with Crippen LogP contribution in [-0.4, -0.2) is 46.7 Å². The molecule has 4 rings (SSSR count). The molecular weight excluding hydrogens is 436 g/mol. The minimum atomic E-state index is 0.00547. The SMILES string of the molecule is CC(C)Oc1ccc(CCCNC(=O)C2CCCN(Cc3nc(-c4cccs4)no3)C2)cc1. The molecule has 0 radical (unpaired) electrons. The molecule has 1 atom stereocenters. The fourth-order valence-electron chi connectivity index (χ4n) is 4.08. The van der Waals surface area contributed by atoms with Crippen LogP contribution in [0, 0.1) is 5.92 Å². The highest BCUT2D eigenvalue weighted by Gasteiger charge is 2.26. The van der Waals surface area contributed by atoms with Gasteiger partial charge in [0.05, 0.1) is 23.4 Å². The third kappa shape index (κ3) is 6.88. The normalized spacial score (nSPS) is 16.8. The van der Waals surface area contributed by atoms with Crippen LogP contribution in [0.2, 0.25) is 0 Å². The summed E-state index contributed by atoms with van der Waals surface area (Å²) in [5.41, 5.74) is 1.26. The standard InChI is InChI=1S/C25H32N4O3S/c1-18(2)31-21-11-9-19(10-12-21)6-3-13-26-25(30)20-7-4-14-29(16-20)17-23-27-24(28-32-23)22-8-5-15-33-22/h5,8-12,15,18,20H,3-4,6-7,13-14,16-17H2,1-2H3,(H,26,30). The molecule has 1 saturated heterocycles. The summed E-state index contributed by atoms with van der Waals surface area (Å²) in [7, 11) is 0. The van der Waals surface area contributed by atoms with Crippen molar-refractivity contribution in [1.29, 1.82) is 0 Å². The summed E-state index contributed by atoms with van der Waals surface area (Å²) in [4.78, 5) is 20.5. The monoisotopic (exact) mass is 468 g/mol. The van der Waals surface area contributed by atoms with Crippen LogP contribution in [0.1, 0.15) is 44.6 Å². The molecule has 0 saturated carbocycles. The number of likely N-dealkylation sites (tertiary alicyclic amines) is 1. The second-order valence-corrected chi connectivity index (χ2v) is 9.72. The Kier molecular flexibility index (Phi) is 8.12. The number of carbonyl (C=O) groups is 1. The number of amides is 1. The Morgan fingerprint density at radius 1 is 1.30 bits per heavy atom. The van der Waals surface area contributed by atoms with E-state index in [1.807, 2.05) is 43.5 Å². The predicted molar refractivity (Wildman–Crippen MR) is 129 cm³/mol. The number of carbonyl (C=O) groups excluding carboxylic acids is 1. The molecule has 3 aromatic rings. The average Bonchev–Trinajstić information content (AvgIpc) is 3.50. The van der Waals surface area contributed by atoms with E-state index in [0.717, 1.165) is 49.4 Å². The van der Waals surface area contributed by atoms with Gasteiger partial charge in [-0.3, -0.25) is 9.69 Å². The second-order valence-electron chi connectivity index (χ2n) is 8.77. The molecule has 1 aliphatic rings. The van der Waals surface area contributed by atoms with Gasteiger partial charge in [0.15, 0.2) is 0 Å². The first-order valence-corrected chi connectivity index (χ1v) is 12.6. The molecule has 7 nitrogen and oxygen atoms in total. The van der Waals surface area contributed by atoms with Gasteiger partial charge in [-0.05, 0) is 75.2 Å². The molecule has 33 heavy (non-hydrogen) atoms. The number of aryl methyl sites for hydroxylation is 1. The maximum atomic E-state index is 12.7. The van der Waals surface area contributed by atoms with E-state index in [4.69, 9.17) is 9.26 Å². The highest BCUT2D eigenvalue weighted by Crippen LogP contribution is 2.23. The third-order valence-corrected chi connectivity index (χ3v) is 6.55. The van der Waals surface area contributed by atoms with Gasteiger partial charge in [0.1, 0.15) is 5.75 Å². The molecule has 3 heterocycles. The zero-order valence-corrected chi connectivity index (χ0v) is 20.1. The number of piperidine rings is 1. The van der Waals surface area contributed by atoms with Crippen molar-refractivity contribution in [2.75, 3.05) is 19.6 Å². The lowest BCUT2D eigenvalue weighted by Gasteiger charge is -2.30. The molecule has 1 aliphatic heterocycles. The van der Waals surface area contributed by atoms with Crippen molar-refractivity contribution in [1.82, 2.24) is 20.4 Å². The fraction of sp³-hybridized carbons (Fsp3) is 0.480. The molecule has 1 fully saturated rings. The van der Waals surface area contributed by atoms with Gasteiger partial charge < -0.3 is 14.6 Å². The lowest BCUT2D eigenvalue weighted by molar-refractivity contribution is -0.126. The summed E-state index contributed by atoms with van der Waals surface area (Å²) >= 11 is 1.59. The zero-order valence-electron chi connectivity index (χ0n) is 19.3. The van der Waals surface area contributed by atoms with Crippen molar-refractivity contribution in [2.45, 2.75) is 52.2 Å². The van der Waals surface area contributed by atoms with Gasteiger partial charge in [0.25, 0.3) is 0 Å². The van der Waals surface area contributed by atoms with Crippen LogP contribution in [-0.2, 0) is 17.8 Å². The first kappa shape index (κ1) is 23.4. The van der Waals surface area contributed by atoms with Crippen LogP contribution in [0.5, 0.6) is 5.75 Å². The largest absolute Gasteiger partial charge is 0.491 e. The van der Waals surface area contributed by atoms with Crippen LogP contribution in [0.3, 0.4) is 0 Å². The number of nitrogens with zero attached hydrogens (tertiary/aromatic N) is 3. The van der Waals surface area contributed by atoms with Gasteiger partial charge in [0.2, 0.25) is 17.6 Å². The van der Waals surface area contributed by atoms with Gasteiger partial charge in [-0.25, -0.2) is 0 Å². The minimum Gasteiger partial charge on any atom is -0.491 e. The zero-order chi connectivity index (χ0) is 23.0. The molecule has 1 amide bonds. The van der Waals surface area contributed by atoms with Crippen LogP contribution < -0.4 is 10.1 Å². The summed E-state index contributed by atoms with van der Waals surface area (Å²) < 4.78 is 11.1. The van der Waals surface area contributed by atoms with E-state index in [0.29, 0.717) is 24.8 Å². The van der Waals surface area contributed by atoms with Gasteiger partial charge in [-0.2, -0.15) is 4.98 Å². The van der Waals surface area contributed by atoms with Crippen molar-refractivity contribution in [2.24, 2.45) is 5.92 Å². The molecular formula is C25H32N4O3S. The minimum absolute atomic E-state index is 0.00547. The topological polar surface area (TPSA) is 80.5 Å². The number of rotatable bonds is 10. The van der Waals surface area contributed by atoms with Gasteiger partial charge in [-0.15, -0.1) is 11.3 Å². The number of nitrogens with one attached hydrogen (secondary N) is 1. The lowest BCUT2D eigenvalue weighted by atomic mass is 9.97.